The van der Waals surface area contributed by atoms with Crippen LogP contribution in [0.5, 0.6) is 0 Å². The minimum absolute atomic E-state index is 0.0318. The minimum atomic E-state index is -1.17. The monoisotopic (exact) mass is 271 g/mol. The number of hydrogen-bond acceptors (Lipinski definition) is 2. The van der Waals surface area contributed by atoms with Crippen LogP contribution in [0.4, 0.5) is 18.9 Å². The summed E-state index contributed by atoms with van der Waals surface area (Å²) in [7, 11) is 0. The second-order valence-corrected chi connectivity index (χ2v) is 5.94. The average Bonchev–Trinajstić information content (AvgIpc) is 2.78. The molecule has 1 heterocycles. The van der Waals surface area contributed by atoms with Gasteiger partial charge in [-0.1, -0.05) is 13.8 Å². The van der Waals surface area contributed by atoms with Gasteiger partial charge in [-0.15, -0.1) is 0 Å². The van der Waals surface area contributed by atoms with Crippen molar-refractivity contribution in [1.29, 1.82) is 0 Å². The van der Waals surface area contributed by atoms with Gasteiger partial charge in [0.25, 0.3) is 0 Å². The van der Waals surface area contributed by atoms with E-state index in [2.05, 4.69) is 5.32 Å². The predicted octanol–water partition coefficient (Wildman–Crippen LogP) is 3.33. The van der Waals surface area contributed by atoms with Gasteiger partial charge in [0, 0.05) is 36.1 Å². The molecule has 3 atom stereocenters. The first-order valence-corrected chi connectivity index (χ1v) is 6.44. The van der Waals surface area contributed by atoms with Crippen molar-refractivity contribution in [3.05, 3.63) is 29.6 Å². The third kappa shape index (κ3) is 1.83. The molecule has 0 aromatic heterocycles. The highest BCUT2D eigenvalue weighted by Gasteiger charge is 2.59. The van der Waals surface area contributed by atoms with Crippen LogP contribution in [0, 0.1) is 28.8 Å². The van der Waals surface area contributed by atoms with Crippen LogP contribution in [0.15, 0.2) is 12.1 Å². The first kappa shape index (κ1) is 12.8. The Kier molecular flexibility index (Phi) is 2.78. The van der Waals surface area contributed by atoms with E-state index in [1.165, 1.54) is 0 Å². The zero-order valence-electron chi connectivity index (χ0n) is 10.8. The van der Waals surface area contributed by atoms with Crippen molar-refractivity contribution in [2.45, 2.75) is 32.4 Å². The molecule has 0 radical (unpaired) electrons. The van der Waals surface area contributed by atoms with Gasteiger partial charge in [-0.05, 0) is 6.42 Å². The Morgan fingerprint density at radius 3 is 2.74 bits per heavy atom. The summed E-state index contributed by atoms with van der Waals surface area (Å²) in [6.45, 7) is 4.73. The van der Waals surface area contributed by atoms with E-state index in [4.69, 9.17) is 4.74 Å². The van der Waals surface area contributed by atoms with E-state index in [1.54, 1.807) is 0 Å². The number of ether oxygens (including phenoxy) is 1. The highest BCUT2D eigenvalue weighted by molar-refractivity contribution is 5.48. The Bertz CT molecular complexity index is 518. The van der Waals surface area contributed by atoms with Crippen molar-refractivity contribution >= 4 is 5.69 Å². The third-order valence-corrected chi connectivity index (χ3v) is 4.40. The molecule has 2 aliphatic rings. The van der Waals surface area contributed by atoms with Crippen molar-refractivity contribution in [3.63, 3.8) is 0 Å². The van der Waals surface area contributed by atoms with Gasteiger partial charge in [-0.25, -0.2) is 13.2 Å². The van der Waals surface area contributed by atoms with E-state index in [-0.39, 0.29) is 29.2 Å². The Labute approximate surface area is 109 Å². The molecule has 1 saturated heterocycles. The van der Waals surface area contributed by atoms with Crippen LogP contribution in [-0.2, 0) is 4.74 Å². The van der Waals surface area contributed by atoms with Gasteiger partial charge in [0.2, 0.25) is 0 Å². The molecule has 1 N–H and O–H groups in total. The zero-order valence-corrected chi connectivity index (χ0v) is 10.8. The largest absolute Gasteiger partial charge is 0.379 e. The molecule has 2 nitrogen and oxygen atoms in total. The molecule has 1 aromatic carbocycles. The molecule has 3 unspecified atom stereocenters. The molecule has 1 aliphatic carbocycles. The first-order valence-electron chi connectivity index (χ1n) is 6.44. The van der Waals surface area contributed by atoms with Crippen molar-refractivity contribution in [2.75, 3.05) is 11.9 Å². The fourth-order valence-corrected chi connectivity index (χ4v) is 3.45. The lowest BCUT2D eigenvalue weighted by atomic mass is 9.57. The number of nitrogens with one attached hydrogen (secondary N) is 1. The minimum Gasteiger partial charge on any atom is -0.379 e. The summed E-state index contributed by atoms with van der Waals surface area (Å²) < 4.78 is 45.7. The summed E-state index contributed by atoms with van der Waals surface area (Å²) in [6.07, 6.45) is 1.04. The van der Waals surface area contributed by atoms with Crippen LogP contribution in [0.1, 0.15) is 20.3 Å². The molecule has 1 aliphatic heterocycles. The first-order chi connectivity index (χ1) is 8.91. The topological polar surface area (TPSA) is 21.3 Å². The molecule has 3 rings (SSSR count). The Morgan fingerprint density at radius 1 is 1.26 bits per heavy atom. The highest BCUT2D eigenvalue weighted by Crippen LogP contribution is 2.53. The van der Waals surface area contributed by atoms with Crippen molar-refractivity contribution in [1.82, 2.24) is 0 Å². The van der Waals surface area contributed by atoms with Gasteiger partial charge < -0.3 is 10.1 Å². The smallest absolute Gasteiger partial charge is 0.182 e. The van der Waals surface area contributed by atoms with Gasteiger partial charge in [0.15, 0.2) is 11.6 Å². The summed E-state index contributed by atoms with van der Waals surface area (Å²) in [5, 5.41) is 2.96. The van der Waals surface area contributed by atoms with E-state index in [1.807, 2.05) is 13.8 Å². The van der Waals surface area contributed by atoms with E-state index < -0.39 is 17.5 Å². The van der Waals surface area contributed by atoms with E-state index in [0.29, 0.717) is 12.7 Å². The van der Waals surface area contributed by atoms with Gasteiger partial charge in [-0.3, -0.25) is 0 Å². The molecular formula is C14H16F3NO. The van der Waals surface area contributed by atoms with E-state index in [0.717, 1.165) is 12.5 Å². The third-order valence-electron chi connectivity index (χ3n) is 4.40. The summed E-state index contributed by atoms with van der Waals surface area (Å²) in [5.41, 5.74) is -0.280. The van der Waals surface area contributed by atoms with Crippen LogP contribution in [0.25, 0.3) is 0 Å². The number of anilines is 1. The average molecular weight is 271 g/mol. The summed E-state index contributed by atoms with van der Waals surface area (Å²) in [4.78, 5) is 0. The molecular weight excluding hydrogens is 255 g/mol. The lowest BCUT2D eigenvalue weighted by Gasteiger charge is -2.55. The number of halogens is 3. The summed E-state index contributed by atoms with van der Waals surface area (Å²) in [6, 6.07) is 1.52. The standard InChI is InChI=1S/C14H16F3NO/c1-14(2)12(8-3-4-19-13(8)14)18-10-6-7(15)5-9(16)11(10)17/h5-6,8,12-13,18H,3-4H2,1-2H3. The molecule has 1 aromatic rings. The van der Waals surface area contributed by atoms with Gasteiger partial charge in [0.1, 0.15) is 5.82 Å². The molecule has 2 fully saturated rings. The fraction of sp³-hybridized carbons (Fsp3) is 0.571. The molecule has 19 heavy (non-hydrogen) atoms. The molecule has 0 spiro atoms. The zero-order chi connectivity index (χ0) is 13.8. The van der Waals surface area contributed by atoms with Crippen LogP contribution in [0.2, 0.25) is 0 Å². The predicted molar refractivity (Wildman–Crippen MR) is 65.4 cm³/mol. The fourth-order valence-electron chi connectivity index (χ4n) is 3.45. The number of rotatable bonds is 2. The van der Waals surface area contributed by atoms with Crippen LogP contribution < -0.4 is 5.32 Å². The Hall–Kier alpha value is -1.23. The van der Waals surface area contributed by atoms with Crippen LogP contribution >= 0.6 is 0 Å². The van der Waals surface area contributed by atoms with E-state index >= 15 is 0 Å². The maximum Gasteiger partial charge on any atom is 0.182 e. The van der Waals surface area contributed by atoms with Gasteiger partial charge in [-0.2, -0.15) is 0 Å². The molecule has 1 saturated carbocycles. The van der Waals surface area contributed by atoms with Crippen LogP contribution in [0.3, 0.4) is 0 Å². The van der Waals surface area contributed by atoms with Gasteiger partial charge in [0.05, 0.1) is 11.8 Å². The van der Waals surface area contributed by atoms with E-state index in [9.17, 15) is 13.2 Å². The number of fused-ring (bicyclic) bond motifs is 1. The van der Waals surface area contributed by atoms with Crippen LogP contribution in [-0.4, -0.2) is 18.8 Å². The molecule has 0 bridgehead atoms. The maximum atomic E-state index is 13.7. The normalized spacial score (nSPS) is 31.7. The Morgan fingerprint density at radius 2 is 2.00 bits per heavy atom. The van der Waals surface area contributed by atoms with Crippen molar-refractivity contribution < 1.29 is 17.9 Å². The Balaban J connectivity index is 1.86. The highest BCUT2D eigenvalue weighted by atomic mass is 19.2. The summed E-state index contributed by atoms with van der Waals surface area (Å²) >= 11 is 0. The lowest BCUT2D eigenvalue weighted by Crippen LogP contribution is -2.63. The van der Waals surface area contributed by atoms with Crippen molar-refractivity contribution in [2.24, 2.45) is 11.3 Å². The molecule has 5 heteroatoms. The lowest BCUT2D eigenvalue weighted by molar-refractivity contribution is -0.0923. The SMILES string of the molecule is CC1(C)C(Nc2cc(F)cc(F)c2F)C2CCOC21. The van der Waals surface area contributed by atoms with Gasteiger partial charge >= 0.3 is 0 Å². The molecule has 0 amide bonds. The second kappa shape index (κ2) is 4.13. The number of hydrogen-bond donors (Lipinski definition) is 1. The second-order valence-electron chi connectivity index (χ2n) is 5.94. The van der Waals surface area contributed by atoms with Crippen molar-refractivity contribution in [3.8, 4) is 0 Å². The summed E-state index contributed by atoms with van der Waals surface area (Å²) in [5.74, 6) is -2.70. The quantitative estimate of drug-likeness (QED) is 0.833. The molecule has 104 valence electrons. The number of benzene rings is 1. The maximum absolute atomic E-state index is 13.7.